The third-order valence-corrected chi connectivity index (χ3v) is 6.89. The minimum absolute atomic E-state index is 0.0670. The molecule has 1 spiro atoms. The molecule has 2 bridgehead atoms. The standard InChI is InChI=1S/C19H28O8/c1-10-4-5-13-11(2)16(23-15(22)7-6-14(20)21)24-17-19(13)12(10)8-9-18(3,25-17)26-27-19/h10-13,16-17H,4-9H2,1-3H3,(H,20,21)/t10-,11+,12-,13-,16-,17+,18+,19+/m0/s1. The molecule has 152 valence electrons. The van der Waals surface area contributed by atoms with Gasteiger partial charge >= 0.3 is 11.9 Å². The van der Waals surface area contributed by atoms with E-state index in [0.717, 1.165) is 19.3 Å². The lowest BCUT2D eigenvalue weighted by Crippen LogP contribution is -2.70. The molecule has 1 N–H and O–H groups in total. The van der Waals surface area contributed by atoms with Gasteiger partial charge in [0, 0.05) is 18.3 Å². The summed E-state index contributed by atoms with van der Waals surface area (Å²) < 4.78 is 17.8. The van der Waals surface area contributed by atoms with Gasteiger partial charge in [-0.25, -0.2) is 9.78 Å². The van der Waals surface area contributed by atoms with E-state index in [-0.39, 0.29) is 30.6 Å². The van der Waals surface area contributed by atoms with Gasteiger partial charge in [0.2, 0.25) is 12.1 Å². The largest absolute Gasteiger partial charge is 0.481 e. The van der Waals surface area contributed by atoms with Gasteiger partial charge < -0.3 is 19.3 Å². The summed E-state index contributed by atoms with van der Waals surface area (Å²) >= 11 is 0. The molecule has 0 aromatic carbocycles. The first-order chi connectivity index (χ1) is 12.7. The summed E-state index contributed by atoms with van der Waals surface area (Å²) in [6, 6.07) is 0. The molecule has 5 rings (SSSR count). The smallest absolute Gasteiger partial charge is 0.308 e. The van der Waals surface area contributed by atoms with E-state index in [1.807, 2.05) is 13.8 Å². The summed E-state index contributed by atoms with van der Waals surface area (Å²) in [6.07, 6.45) is 1.72. The first kappa shape index (κ1) is 19.1. The Bertz CT molecular complexity index is 623. The number of carboxylic acids is 1. The van der Waals surface area contributed by atoms with Crippen LogP contribution in [0.3, 0.4) is 0 Å². The SMILES string of the molecule is C[C@H]1[C@@H](OC(=O)CCC(=O)O)O[C@@H]2O[C@@]3(C)CC[C@H]4[C@@H](C)CC[C@@H]1[C@@]24OO3. The number of carboxylic acid groups (broad SMARTS) is 1. The summed E-state index contributed by atoms with van der Waals surface area (Å²) in [4.78, 5) is 34.5. The van der Waals surface area contributed by atoms with Crippen LogP contribution in [0.4, 0.5) is 0 Å². The number of carbonyl (C=O) groups excluding carboxylic acids is 1. The van der Waals surface area contributed by atoms with Gasteiger partial charge in [-0.15, -0.1) is 0 Å². The van der Waals surface area contributed by atoms with E-state index < -0.39 is 35.9 Å². The molecule has 8 atom stereocenters. The number of ether oxygens (including phenoxy) is 3. The fourth-order valence-electron chi connectivity index (χ4n) is 5.40. The van der Waals surface area contributed by atoms with Crippen molar-refractivity contribution in [1.29, 1.82) is 0 Å². The Balaban J connectivity index is 1.58. The molecule has 1 aliphatic carbocycles. The second-order valence-corrected chi connectivity index (χ2v) is 8.66. The summed E-state index contributed by atoms with van der Waals surface area (Å²) in [6.45, 7) is 6.06. The number of esters is 1. The predicted octanol–water partition coefficient (Wildman–Crippen LogP) is 2.60. The van der Waals surface area contributed by atoms with Crippen LogP contribution < -0.4 is 0 Å². The van der Waals surface area contributed by atoms with E-state index in [1.165, 1.54) is 0 Å². The number of fused-ring (bicyclic) bond motifs is 2. The van der Waals surface area contributed by atoms with Crippen LogP contribution in [0.5, 0.6) is 0 Å². The molecular formula is C19H28O8. The van der Waals surface area contributed by atoms with E-state index in [9.17, 15) is 9.59 Å². The summed E-state index contributed by atoms with van der Waals surface area (Å²) in [7, 11) is 0. The highest BCUT2D eigenvalue weighted by molar-refractivity contribution is 5.76. The zero-order chi connectivity index (χ0) is 19.4. The van der Waals surface area contributed by atoms with E-state index >= 15 is 0 Å². The molecule has 0 aromatic rings. The molecule has 4 aliphatic heterocycles. The van der Waals surface area contributed by atoms with Crippen LogP contribution in [-0.2, 0) is 33.6 Å². The highest BCUT2D eigenvalue weighted by Crippen LogP contribution is 2.60. The number of hydrogen-bond acceptors (Lipinski definition) is 7. The summed E-state index contributed by atoms with van der Waals surface area (Å²) in [5.74, 6) is -1.82. The zero-order valence-electron chi connectivity index (χ0n) is 16.0. The van der Waals surface area contributed by atoms with Crippen LogP contribution in [0.1, 0.15) is 59.3 Å². The lowest BCUT2D eigenvalue weighted by atomic mass is 9.58. The Hall–Kier alpha value is -1.22. The van der Waals surface area contributed by atoms with Crippen molar-refractivity contribution >= 4 is 11.9 Å². The van der Waals surface area contributed by atoms with E-state index in [2.05, 4.69) is 6.92 Å². The quantitative estimate of drug-likeness (QED) is 0.583. The Labute approximate surface area is 158 Å². The normalized spacial score (nSPS) is 48.4. The Morgan fingerprint density at radius 1 is 1.11 bits per heavy atom. The monoisotopic (exact) mass is 384 g/mol. The Morgan fingerprint density at radius 2 is 1.89 bits per heavy atom. The van der Waals surface area contributed by atoms with Gasteiger partial charge in [-0.05, 0) is 38.0 Å². The van der Waals surface area contributed by atoms with Gasteiger partial charge in [0.05, 0.1) is 12.8 Å². The number of rotatable bonds is 4. The van der Waals surface area contributed by atoms with Crippen LogP contribution in [0.15, 0.2) is 0 Å². The molecule has 0 aromatic heterocycles. The molecule has 0 unspecified atom stereocenters. The van der Waals surface area contributed by atoms with E-state index in [0.29, 0.717) is 12.3 Å². The van der Waals surface area contributed by atoms with Crippen molar-refractivity contribution in [3.8, 4) is 0 Å². The maximum atomic E-state index is 12.1. The molecule has 0 radical (unpaired) electrons. The third kappa shape index (κ3) is 3.06. The van der Waals surface area contributed by atoms with Gasteiger partial charge in [0.25, 0.3) is 0 Å². The van der Waals surface area contributed by atoms with Crippen molar-refractivity contribution < 1.29 is 38.7 Å². The van der Waals surface area contributed by atoms with Gasteiger partial charge in [-0.1, -0.05) is 13.8 Å². The third-order valence-electron chi connectivity index (χ3n) is 6.89. The van der Waals surface area contributed by atoms with Crippen molar-refractivity contribution in [2.75, 3.05) is 0 Å². The molecule has 5 aliphatic rings. The van der Waals surface area contributed by atoms with Gasteiger partial charge in [-0.3, -0.25) is 9.59 Å². The molecule has 8 nitrogen and oxygen atoms in total. The van der Waals surface area contributed by atoms with Crippen LogP contribution in [0.2, 0.25) is 0 Å². The van der Waals surface area contributed by atoms with Crippen LogP contribution in [0, 0.1) is 23.7 Å². The fourth-order valence-corrected chi connectivity index (χ4v) is 5.40. The zero-order valence-corrected chi connectivity index (χ0v) is 16.0. The molecular weight excluding hydrogens is 356 g/mol. The fraction of sp³-hybridized carbons (Fsp3) is 0.895. The summed E-state index contributed by atoms with van der Waals surface area (Å²) in [5, 5.41) is 8.76. The van der Waals surface area contributed by atoms with Crippen LogP contribution >= 0.6 is 0 Å². The molecule has 4 saturated heterocycles. The average molecular weight is 384 g/mol. The summed E-state index contributed by atoms with van der Waals surface area (Å²) in [5.41, 5.74) is -0.697. The molecule has 8 heteroatoms. The second kappa shape index (κ2) is 6.69. The van der Waals surface area contributed by atoms with Crippen molar-refractivity contribution in [2.24, 2.45) is 23.7 Å². The second-order valence-electron chi connectivity index (χ2n) is 8.66. The molecule has 4 heterocycles. The number of hydrogen-bond donors (Lipinski definition) is 1. The molecule has 27 heavy (non-hydrogen) atoms. The van der Waals surface area contributed by atoms with E-state index in [1.54, 1.807) is 0 Å². The topological polar surface area (TPSA) is 101 Å². The number of carbonyl (C=O) groups is 2. The lowest BCUT2D eigenvalue weighted by molar-refractivity contribution is -0.576. The molecule has 1 saturated carbocycles. The first-order valence-corrected chi connectivity index (χ1v) is 9.86. The van der Waals surface area contributed by atoms with Crippen LogP contribution in [0.25, 0.3) is 0 Å². The highest BCUT2D eigenvalue weighted by atomic mass is 17.3. The number of aliphatic carboxylic acids is 1. The average Bonchev–Trinajstić information content (AvgIpc) is 2.84. The predicted molar refractivity (Wildman–Crippen MR) is 89.8 cm³/mol. The van der Waals surface area contributed by atoms with Crippen molar-refractivity contribution in [3.63, 3.8) is 0 Å². The van der Waals surface area contributed by atoms with Gasteiger partial charge in [-0.2, -0.15) is 0 Å². The lowest BCUT2D eigenvalue weighted by Gasteiger charge is -2.59. The van der Waals surface area contributed by atoms with Crippen molar-refractivity contribution in [3.05, 3.63) is 0 Å². The maximum Gasteiger partial charge on any atom is 0.308 e. The molecule has 5 fully saturated rings. The van der Waals surface area contributed by atoms with Crippen molar-refractivity contribution in [2.45, 2.75) is 83.3 Å². The minimum Gasteiger partial charge on any atom is -0.481 e. The van der Waals surface area contributed by atoms with Gasteiger partial charge in [0.15, 0.2) is 11.9 Å². The Morgan fingerprint density at radius 3 is 2.63 bits per heavy atom. The van der Waals surface area contributed by atoms with Gasteiger partial charge in [0.1, 0.15) is 0 Å². The highest BCUT2D eigenvalue weighted by Gasteiger charge is 2.69. The minimum atomic E-state index is -1.03. The Kier molecular flexibility index (Phi) is 4.73. The van der Waals surface area contributed by atoms with Crippen LogP contribution in [-0.4, -0.2) is 41.0 Å². The van der Waals surface area contributed by atoms with E-state index in [4.69, 9.17) is 29.1 Å². The first-order valence-electron chi connectivity index (χ1n) is 9.86. The molecule has 0 amide bonds. The van der Waals surface area contributed by atoms with Crippen molar-refractivity contribution in [1.82, 2.24) is 0 Å². The maximum absolute atomic E-state index is 12.1.